The van der Waals surface area contributed by atoms with Gasteiger partial charge >= 0.3 is 0 Å². The number of piperidine rings is 1. The number of anilines is 1. The highest BCUT2D eigenvalue weighted by atomic mass is 32.2. The largest absolute Gasteiger partial charge is 0.488 e. The molecule has 0 spiro atoms. The number of hydrogen-bond acceptors (Lipinski definition) is 9. The van der Waals surface area contributed by atoms with Crippen LogP contribution in [0.1, 0.15) is 80.3 Å². The van der Waals surface area contributed by atoms with Crippen LogP contribution in [0.25, 0.3) is 11.3 Å². The number of ether oxygens (including phenoxy) is 2. The van der Waals surface area contributed by atoms with Gasteiger partial charge in [-0.05, 0) is 88.1 Å². The number of hydrogen-bond donors (Lipinski definition) is 1. The Morgan fingerprint density at radius 3 is 2.38 bits per heavy atom. The van der Waals surface area contributed by atoms with Gasteiger partial charge in [0.15, 0.2) is 11.6 Å². The molecule has 0 radical (unpaired) electrons. The van der Waals surface area contributed by atoms with Gasteiger partial charge in [-0.1, -0.05) is 38.1 Å². The third kappa shape index (κ3) is 6.99. The van der Waals surface area contributed by atoms with Gasteiger partial charge in [-0.2, -0.15) is 4.98 Å². The molecule has 0 aliphatic carbocycles. The van der Waals surface area contributed by atoms with Gasteiger partial charge in [0.05, 0.1) is 41.2 Å². The Bertz CT molecular complexity index is 1890. The lowest BCUT2D eigenvalue weighted by atomic mass is 9.80. The highest BCUT2D eigenvalue weighted by Crippen LogP contribution is 2.41. The number of aromatic nitrogens is 4. The van der Waals surface area contributed by atoms with Crippen molar-refractivity contribution in [2.75, 3.05) is 11.3 Å². The highest BCUT2D eigenvalue weighted by molar-refractivity contribution is 7.92. The summed E-state index contributed by atoms with van der Waals surface area (Å²) >= 11 is 0. The average molecular weight is 671 g/mol. The minimum Gasteiger partial charge on any atom is -0.488 e. The molecular weight excluding hydrogens is 629 g/mol. The molecule has 4 heterocycles. The molecule has 3 unspecified atom stereocenters. The maximum absolute atomic E-state index is 14.6. The summed E-state index contributed by atoms with van der Waals surface area (Å²) in [7, 11) is -4.18. The second-order valence-corrected chi connectivity index (χ2v) is 15.0. The summed E-state index contributed by atoms with van der Waals surface area (Å²) in [4.78, 5) is 34.8. The zero-order valence-electron chi connectivity index (χ0n) is 28.2. The number of sulfonamides is 1. The predicted molar refractivity (Wildman–Crippen MR) is 182 cm³/mol. The summed E-state index contributed by atoms with van der Waals surface area (Å²) in [6, 6.07) is 12.9. The molecule has 252 valence electrons. The second kappa shape index (κ2) is 13.5. The normalized spacial score (nSPS) is 20.5. The lowest BCUT2D eigenvalue weighted by molar-refractivity contribution is 0.00467. The SMILES string of the molecule is Cc1cccc(C)c1-c1cc2nc(n1)NS(=O)(=O)c1cccc(c1)C(=O)N1C(c3ncc(OC(C)C)cn3)CCC(CC(C)C)C1CO2. The molecule has 1 fully saturated rings. The van der Waals surface area contributed by atoms with E-state index in [0.717, 1.165) is 29.5 Å². The van der Waals surface area contributed by atoms with Crippen LogP contribution in [0, 0.1) is 25.7 Å². The predicted octanol–water partition coefficient (Wildman–Crippen LogP) is 6.54. The molecule has 2 aliphatic rings. The molecule has 2 aromatic carbocycles. The maximum Gasteiger partial charge on any atom is 0.264 e. The Hall–Kier alpha value is -4.58. The van der Waals surface area contributed by atoms with Crippen molar-refractivity contribution < 1.29 is 22.7 Å². The van der Waals surface area contributed by atoms with Crippen molar-refractivity contribution in [1.29, 1.82) is 0 Å². The average Bonchev–Trinajstić information content (AvgIpc) is 3.03. The number of fused-ring (bicyclic) bond motifs is 5. The first-order chi connectivity index (χ1) is 22.9. The van der Waals surface area contributed by atoms with Crippen LogP contribution in [0.5, 0.6) is 11.6 Å². The van der Waals surface area contributed by atoms with Crippen molar-refractivity contribution in [3.8, 4) is 22.9 Å². The molecule has 4 bridgehead atoms. The smallest absolute Gasteiger partial charge is 0.264 e. The van der Waals surface area contributed by atoms with Crippen LogP contribution in [0.15, 0.2) is 65.8 Å². The molecule has 2 aliphatic heterocycles. The lowest BCUT2D eigenvalue weighted by Gasteiger charge is -2.46. The van der Waals surface area contributed by atoms with E-state index in [2.05, 4.69) is 38.5 Å². The zero-order valence-corrected chi connectivity index (χ0v) is 29.0. The van der Waals surface area contributed by atoms with Gasteiger partial charge in [-0.25, -0.2) is 28.1 Å². The lowest BCUT2D eigenvalue weighted by Crippen LogP contribution is -2.53. The first-order valence-electron chi connectivity index (χ1n) is 16.4. The van der Waals surface area contributed by atoms with Crippen molar-refractivity contribution >= 4 is 21.9 Å². The summed E-state index contributed by atoms with van der Waals surface area (Å²) < 4.78 is 42.2. The van der Waals surface area contributed by atoms with E-state index in [4.69, 9.17) is 9.47 Å². The van der Waals surface area contributed by atoms with Gasteiger partial charge < -0.3 is 14.4 Å². The summed E-state index contributed by atoms with van der Waals surface area (Å²) in [5.74, 6) is 1.27. The van der Waals surface area contributed by atoms with E-state index in [1.165, 1.54) is 12.1 Å². The van der Waals surface area contributed by atoms with E-state index < -0.39 is 16.1 Å². The van der Waals surface area contributed by atoms with E-state index in [1.807, 2.05) is 45.9 Å². The standard InChI is InChI=1S/C36H42N6O5S/c1-21(2)15-25-13-14-30(34-37-18-27(19-38-34)47-22(3)4)42-31(25)20-46-32-17-29(33-23(5)9-7-10-24(33)6)39-36(40-32)41-48(44,45)28-12-8-11-26(16-28)35(42)43/h7-12,16-19,21-22,25,30-31H,13-15,20H2,1-6H3,(H,39,40,41). The number of rotatable bonds is 6. The van der Waals surface area contributed by atoms with Crippen LogP contribution in [0.3, 0.4) is 0 Å². The van der Waals surface area contributed by atoms with Crippen molar-refractivity contribution in [2.45, 2.75) is 83.9 Å². The number of nitrogens with zero attached hydrogens (tertiary/aromatic N) is 5. The minimum atomic E-state index is -4.18. The van der Waals surface area contributed by atoms with Gasteiger partial charge in [0.2, 0.25) is 11.8 Å². The Morgan fingerprint density at radius 2 is 1.69 bits per heavy atom. The number of benzene rings is 2. The summed E-state index contributed by atoms with van der Waals surface area (Å²) in [6.07, 6.45) is 5.56. The van der Waals surface area contributed by atoms with Crippen LogP contribution in [0.2, 0.25) is 0 Å². The van der Waals surface area contributed by atoms with Crippen molar-refractivity contribution in [1.82, 2.24) is 24.8 Å². The van der Waals surface area contributed by atoms with Gasteiger partial charge in [0, 0.05) is 17.2 Å². The van der Waals surface area contributed by atoms with Crippen LogP contribution in [0.4, 0.5) is 5.95 Å². The molecule has 12 heteroatoms. The Morgan fingerprint density at radius 1 is 0.979 bits per heavy atom. The molecule has 1 N–H and O–H groups in total. The van der Waals surface area contributed by atoms with Gasteiger partial charge in [-0.3, -0.25) is 4.79 Å². The van der Waals surface area contributed by atoms with E-state index in [1.54, 1.807) is 35.5 Å². The first kappa shape index (κ1) is 33.3. The molecule has 11 nitrogen and oxygen atoms in total. The van der Waals surface area contributed by atoms with Crippen molar-refractivity contribution in [3.63, 3.8) is 0 Å². The molecule has 48 heavy (non-hydrogen) atoms. The Labute approximate surface area is 282 Å². The molecule has 6 rings (SSSR count). The van der Waals surface area contributed by atoms with E-state index in [-0.39, 0.29) is 52.9 Å². The number of amides is 1. The van der Waals surface area contributed by atoms with E-state index in [0.29, 0.717) is 29.6 Å². The minimum absolute atomic E-state index is 0.0382. The van der Waals surface area contributed by atoms with E-state index in [9.17, 15) is 13.2 Å². The second-order valence-electron chi connectivity index (χ2n) is 13.3. The highest BCUT2D eigenvalue weighted by Gasteiger charge is 2.43. The van der Waals surface area contributed by atoms with Crippen LogP contribution in [-0.2, 0) is 10.0 Å². The number of aryl methyl sites for hydroxylation is 2. The Balaban J connectivity index is 1.50. The molecule has 1 saturated heterocycles. The van der Waals surface area contributed by atoms with Crippen molar-refractivity contribution in [3.05, 3.63) is 83.4 Å². The Kier molecular flexibility index (Phi) is 9.37. The molecule has 3 atom stereocenters. The van der Waals surface area contributed by atoms with Gasteiger partial charge in [0.25, 0.3) is 15.9 Å². The fraction of sp³-hybridized carbons (Fsp3) is 0.417. The fourth-order valence-electron chi connectivity index (χ4n) is 6.82. The monoisotopic (exact) mass is 670 g/mol. The molecule has 1 amide bonds. The summed E-state index contributed by atoms with van der Waals surface area (Å²) in [6.45, 7) is 12.3. The van der Waals surface area contributed by atoms with Crippen LogP contribution >= 0.6 is 0 Å². The molecule has 0 saturated carbocycles. The quantitative estimate of drug-likeness (QED) is 0.243. The zero-order chi connectivity index (χ0) is 34.2. The number of carbonyl (C=O) groups is 1. The van der Waals surface area contributed by atoms with Crippen LogP contribution < -0.4 is 14.2 Å². The topological polar surface area (TPSA) is 136 Å². The fourth-order valence-corrected chi connectivity index (χ4v) is 7.81. The van der Waals surface area contributed by atoms with Gasteiger partial charge in [0.1, 0.15) is 6.61 Å². The van der Waals surface area contributed by atoms with Crippen LogP contribution in [-0.4, -0.2) is 57.9 Å². The maximum atomic E-state index is 14.6. The van der Waals surface area contributed by atoms with Gasteiger partial charge in [-0.15, -0.1) is 0 Å². The number of nitrogens with one attached hydrogen (secondary N) is 1. The summed E-state index contributed by atoms with van der Waals surface area (Å²) in [5, 5.41) is 0. The third-order valence-electron chi connectivity index (χ3n) is 8.83. The molecular formula is C36H42N6O5S. The van der Waals surface area contributed by atoms with E-state index >= 15 is 0 Å². The summed E-state index contributed by atoms with van der Waals surface area (Å²) in [5.41, 5.74) is 3.59. The van der Waals surface area contributed by atoms with Crippen molar-refractivity contribution in [2.24, 2.45) is 11.8 Å². The number of carbonyl (C=O) groups excluding carboxylic acids is 1. The third-order valence-corrected chi connectivity index (χ3v) is 10.2. The first-order valence-corrected chi connectivity index (χ1v) is 17.9. The molecule has 4 aromatic rings. The molecule has 2 aromatic heterocycles.